The van der Waals surface area contributed by atoms with E-state index in [0.717, 1.165) is 10.8 Å². The van der Waals surface area contributed by atoms with E-state index in [1.165, 1.54) is 12.1 Å². The van der Waals surface area contributed by atoms with E-state index in [-0.39, 0.29) is 11.8 Å². The lowest BCUT2D eigenvalue weighted by Crippen LogP contribution is -2.04. The van der Waals surface area contributed by atoms with Crippen LogP contribution < -0.4 is 0 Å². The minimum atomic E-state index is -0.353. The van der Waals surface area contributed by atoms with Gasteiger partial charge in [0.1, 0.15) is 5.82 Å². The van der Waals surface area contributed by atoms with Crippen LogP contribution in [0.2, 0.25) is 0 Å². The first kappa shape index (κ1) is 10.6. The van der Waals surface area contributed by atoms with Gasteiger partial charge < -0.3 is 4.74 Å². The summed E-state index contributed by atoms with van der Waals surface area (Å²) in [4.78, 5) is 11.5. The van der Waals surface area contributed by atoms with Gasteiger partial charge in [-0.2, -0.15) is 0 Å². The van der Waals surface area contributed by atoms with E-state index in [1.54, 1.807) is 31.2 Å². The molecule has 0 N–H and O–H groups in total. The van der Waals surface area contributed by atoms with Crippen molar-refractivity contribution in [1.29, 1.82) is 0 Å². The van der Waals surface area contributed by atoms with Crippen LogP contribution in [0.4, 0.5) is 4.39 Å². The highest BCUT2D eigenvalue weighted by molar-refractivity contribution is 5.95. The van der Waals surface area contributed by atoms with Crippen LogP contribution >= 0.6 is 0 Å². The Hall–Kier alpha value is -1.90. The van der Waals surface area contributed by atoms with Crippen molar-refractivity contribution in [2.24, 2.45) is 0 Å². The third-order valence-electron chi connectivity index (χ3n) is 2.31. The van der Waals surface area contributed by atoms with E-state index in [9.17, 15) is 9.18 Å². The van der Waals surface area contributed by atoms with Crippen LogP contribution in [-0.4, -0.2) is 12.6 Å². The maximum Gasteiger partial charge on any atom is 0.338 e. The van der Waals surface area contributed by atoms with Crippen molar-refractivity contribution in [1.82, 2.24) is 0 Å². The summed E-state index contributed by atoms with van der Waals surface area (Å²) in [7, 11) is 0. The molecule has 0 atom stereocenters. The number of hydrogen-bond donors (Lipinski definition) is 0. The highest BCUT2D eigenvalue weighted by Gasteiger charge is 2.06. The lowest BCUT2D eigenvalue weighted by molar-refractivity contribution is 0.0526. The molecule has 2 aromatic carbocycles. The Bertz CT molecular complexity index is 534. The summed E-state index contributed by atoms with van der Waals surface area (Å²) in [6.45, 7) is 2.11. The fourth-order valence-corrected chi connectivity index (χ4v) is 1.56. The zero-order valence-corrected chi connectivity index (χ0v) is 8.87. The van der Waals surface area contributed by atoms with Gasteiger partial charge in [-0.25, -0.2) is 9.18 Å². The third-order valence-corrected chi connectivity index (χ3v) is 2.31. The number of hydrogen-bond acceptors (Lipinski definition) is 2. The number of carbonyl (C=O) groups excluding carboxylic acids is 1. The molecule has 16 heavy (non-hydrogen) atoms. The average molecular weight is 218 g/mol. The van der Waals surface area contributed by atoms with E-state index in [2.05, 4.69) is 0 Å². The van der Waals surface area contributed by atoms with E-state index in [4.69, 9.17) is 4.74 Å². The molecule has 0 saturated heterocycles. The van der Waals surface area contributed by atoms with Gasteiger partial charge in [-0.15, -0.1) is 0 Å². The molecule has 0 aromatic heterocycles. The minimum absolute atomic E-state index is 0.281. The van der Waals surface area contributed by atoms with Crippen molar-refractivity contribution in [3.63, 3.8) is 0 Å². The SMILES string of the molecule is CCOC(=O)c1ccc2cc(F)ccc2c1. The second kappa shape index (κ2) is 4.31. The molecule has 2 nitrogen and oxygen atoms in total. The van der Waals surface area contributed by atoms with Crippen LogP contribution in [0.5, 0.6) is 0 Å². The summed E-state index contributed by atoms with van der Waals surface area (Å²) < 4.78 is 17.8. The van der Waals surface area contributed by atoms with Crippen molar-refractivity contribution in [2.45, 2.75) is 6.92 Å². The zero-order chi connectivity index (χ0) is 11.5. The smallest absolute Gasteiger partial charge is 0.338 e. The van der Waals surface area contributed by atoms with Gasteiger partial charge in [0.2, 0.25) is 0 Å². The summed E-state index contributed by atoms with van der Waals surface area (Å²) in [5.74, 6) is -0.634. The van der Waals surface area contributed by atoms with Crippen molar-refractivity contribution >= 4 is 16.7 Å². The summed E-state index contributed by atoms with van der Waals surface area (Å²) in [5.41, 5.74) is 0.487. The number of rotatable bonds is 2. The summed E-state index contributed by atoms with van der Waals surface area (Å²) in [6, 6.07) is 9.51. The van der Waals surface area contributed by atoms with E-state index in [1.807, 2.05) is 0 Å². The van der Waals surface area contributed by atoms with Crippen LogP contribution in [0.25, 0.3) is 10.8 Å². The zero-order valence-electron chi connectivity index (χ0n) is 8.87. The highest BCUT2D eigenvalue weighted by Crippen LogP contribution is 2.17. The fraction of sp³-hybridized carbons (Fsp3) is 0.154. The number of halogens is 1. The fourth-order valence-electron chi connectivity index (χ4n) is 1.56. The number of esters is 1. The number of ether oxygens (including phenoxy) is 1. The number of benzene rings is 2. The standard InChI is InChI=1S/C13H11FO2/c1-2-16-13(15)11-4-3-10-8-12(14)6-5-9(10)7-11/h3-8H,2H2,1H3. The van der Waals surface area contributed by atoms with Gasteiger partial charge in [-0.1, -0.05) is 12.1 Å². The van der Waals surface area contributed by atoms with Crippen molar-refractivity contribution in [3.8, 4) is 0 Å². The second-order valence-corrected chi connectivity index (χ2v) is 3.43. The Balaban J connectivity index is 2.44. The topological polar surface area (TPSA) is 26.3 Å². The molecule has 0 radical (unpaired) electrons. The molecule has 82 valence electrons. The maximum atomic E-state index is 12.9. The van der Waals surface area contributed by atoms with Gasteiger partial charge in [-0.3, -0.25) is 0 Å². The Labute approximate surface area is 92.6 Å². The van der Waals surface area contributed by atoms with Crippen LogP contribution in [-0.2, 0) is 4.74 Å². The molecule has 0 amide bonds. The van der Waals surface area contributed by atoms with Crippen molar-refractivity contribution in [2.75, 3.05) is 6.61 Å². The van der Waals surface area contributed by atoms with Gasteiger partial charge in [-0.05, 0) is 42.0 Å². The quantitative estimate of drug-likeness (QED) is 0.724. The molecule has 0 spiro atoms. The summed E-state index contributed by atoms with van der Waals surface area (Å²) >= 11 is 0. The molecule has 0 unspecified atom stereocenters. The number of fused-ring (bicyclic) bond motifs is 1. The van der Waals surface area contributed by atoms with Crippen LogP contribution in [0, 0.1) is 5.82 Å². The molecular formula is C13H11FO2. The van der Waals surface area contributed by atoms with Gasteiger partial charge in [0.05, 0.1) is 12.2 Å². The minimum Gasteiger partial charge on any atom is -0.462 e. The Kier molecular flexibility index (Phi) is 2.86. The molecule has 0 fully saturated rings. The second-order valence-electron chi connectivity index (χ2n) is 3.43. The first-order valence-corrected chi connectivity index (χ1v) is 5.07. The molecule has 0 heterocycles. The van der Waals surface area contributed by atoms with E-state index in [0.29, 0.717) is 12.2 Å². The molecular weight excluding hydrogens is 207 g/mol. The van der Waals surface area contributed by atoms with E-state index >= 15 is 0 Å². The predicted octanol–water partition coefficient (Wildman–Crippen LogP) is 3.16. The average Bonchev–Trinajstić information content (AvgIpc) is 2.28. The molecule has 0 saturated carbocycles. The molecule has 3 heteroatoms. The first-order valence-electron chi connectivity index (χ1n) is 5.07. The van der Waals surface area contributed by atoms with Crippen molar-refractivity contribution in [3.05, 3.63) is 47.8 Å². The van der Waals surface area contributed by atoms with Gasteiger partial charge in [0.25, 0.3) is 0 Å². The molecule has 0 bridgehead atoms. The lowest BCUT2D eigenvalue weighted by Gasteiger charge is -2.03. The largest absolute Gasteiger partial charge is 0.462 e. The highest BCUT2D eigenvalue weighted by atomic mass is 19.1. The molecule has 2 rings (SSSR count). The Morgan fingerprint density at radius 3 is 2.62 bits per heavy atom. The Morgan fingerprint density at radius 1 is 1.19 bits per heavy atom. The third kappa shape index (κ3) is 2.03. The van der Waals surface area contributed by atoms with Gasteiger partial charge in [0, 0.05) is 0 Å². The van der Waals surface area contributed by atoms with Gasteiger partial charge >= 0.3 is 5.97 Å². The lowest BCUT2D eigenvalue weighted by atomic mass is 10.1. The molecule has 0 aliphatic carbocycles. The monoisotopic (exact) mass is 218 g/mol. The normalized spacial score (nSPS) is 10.4. The van der Waals surface area contributed by atoms with E-state index < -0.39 is 0 Å². The molecule has 0 aliphatic heterocycles. The summed E-state index contributed by atoms with van der Waals surface area (Å²) in [5, 5.41) is 1.60. The number of carbonyl (C=O) groups is 1. The molecule has 0 aliphatic rings. The maximum absolute atomic E-state index is 12.9. The summed E-state index contributed by atoms with van der Waals surface area (Å²) in [6.07, 6.45) is 0. The van der Waals surface area contributed by atoms with Gasteiger partial charge in [0.15, 0.2) is 0 Å². The molecule has 2 aromatic rings. The van der Waals surface area contributed by atoms with Crippen LogP contribution in [0.3, 0.4) is 0 Å². The van der Waals surface area contributed by atoms with Crippen LogP contribution in [0.1, 0.15) is 17.3 Å². The first-order chi connectivity index (χ1) is 7.70. The van der Waals surface area contributed by atoms with Crippen LogP contribution in [0.15, 0.2) is 36.4 Å². The predicted molar refractivity (Wildman–Crippen MR) is 59.9 cm³/mol. The van der Waals surface area contributed by atoms with Crippen molar-refractivity contribution < 1.29 is 13.9 Å². The Morgan fingerprint density at radius 2 is 1.88 bits per heavy atom.